The van der Waals surface area contributed by atoms with E-state index in [-0.39, 0.29) is 5.97 Å². The predicted molar refractivity (Wildman–Crippen MR) is 51.8 cm³/mol. The smallest absolute Gasteiger partial charge is 0.352 e. The van der Waals surface area contributed by atoms with Crippen molar-refractivity contribution < 1.29 is 9.63 Å². The quantitative estimate of drug-likeness (QED) is 0.393. The fourth-order valence-electron chi connectivity index (χ4n) is 0.697. The van der Waals surface area contributed by atoms with Crippen molar-refractivity contribution in [1.82, 2.24) is 10.4 Å². The van der Waals surface area contributed by atoms with E-state index in [1.807, 2.05) is 32.0 Å². The number of nitrogens with zero attached hydrogens (tertiary/aromatic N) is 1. The number of hydrogen-bond acceptors (Lipinski definition) is 4. The lowest BCUT2D eigenvalue weighted by molar-refractivity contribution is -0.147. The molecule has 0 bridgehead atoms. The van der Waals surface area contributed by atoms with Crippen LogP contribution in [0.4, 0.5) is 0 Å². The molecular formula is C9H18N2O2. The molecule has 0 heterocycles. The fourth-order valence-corrected chi connectivity index (χ4v) is 0.697. The standard InChI is InChI=1S/C9H18N2O2/c1-5-6-8(2)9(12)13-10-7-11(3)4/h6,10H,5,7H2,1-4H3. The van der Waals surface area contributed by atoms with Crippen molar-refractivity contribution in [2.24, 2.45) is 0 Å². The summed E-state index contributed by atoms with van der Waals surface area (Å²) < 4.78 is 0. The van der Waals surface area contributed by atoms with Crippen LogP contribution in [0.5, 0.6) is 0 Å². The predicted octanol–water partition coefficient (Wildman–Crippen LogP) is 0.910. The third-order valence-electron chi connectivity index (χ3n) is 1.38. The Kier molecular flexibility index (Phi) is 6.18. The Balaban J connectivity index is 3.69. The molecule has 0 atom stereocenters. The van der Waals surface area contributed by atoms with Crippen LogP contribution < -0.4 is 5.48 Å². The summed E-state index contributed by atoms with van der Waals surface area (Å²) in [5.74, 6) is -0.316. The monoisotopic (exact) mass is 186 g/mol. The van der Waals surface area contributed by atoms with Crippen LogP contribution in [0.2, 0.25) is 0 Å². The van der Waals surface area contributed by atoms with E-state index in [9.17, 15) is 4.79 Å². The summed E-state index contributed by atoms with van der Waals surface area (Å²) in [5.41, 5.74) is 3.19. The van der Waals surface area contributed by atoms with Gasteiger partial charge in [0.15, 0.2) is 0 Å². The molecule has 0 saturated heterocycles. The molecule has 0 saturated carbocycles. The van der Waals surface area contributed by atoms with Crippen LogP contribution in [0, 0.1) is 0 Å². The molecule has 0 aliphatic carbocycles. The van der Waals surface area contributed by atoms with Gasteiger partial charge in [0.05, 0.1) is 6.67 Å². The summed E-state index contributed by atoms with van der Waals surface area (Å²) >= 11 is 0. The Hall–Kier alpha value is -0.870. The summed E-state index contributed by atoms with van der Waals surface area (Å²) in [5, 5.41) is 0. The molecule has 0 spiro atoms. The summed E-state index contributed by atoms with van der Waals surface area (Å²) in [7, 11) is 3.77. The third kappa shape index (κ3) is 6.31. The molecule has 76 valence electrons. The zero-order chi connectivity index (χ0) is 10.3. The minimum absolute atomic E-state index is 0.316. The van der Waals surface area contributed by atoms with Crippen LogP contribution in [-0.4, -0.2) is 31.6 Å². The highest BCUT2D eigenvalue weighted by Gasteiger charge is 2.04. The zero-order valence-electron chi connectivity index (χ0n) is 8.76. The number of nitrogens with one attached hydrogen (secondary N) is 1. The fraction of sp³-hybridized carbons (Fsp3) is 0.667. The number of hydrogen-bond donors (Lipinski definition) is 1. The lowest BCUT2D eigenvalue weighted by Gasteiger charge is -2.10. The van der Waals surface area contributed by atoms with Gasteiger partial charge in [-0.1, -0.05) is 13.0 Å². The van der Waals surface area contributed by atoms with Gasteiger partial charge in [0.25, 0.3) is 0 Å². The highest BCUT2D eigenvalue weighted by molar-refractivity contribution is 5.87. The number of hydroxylamine groups is 1. The van der Waals surface area contributed by atoms with Gasteiger partial charge in [0.2, 0.25) is 0 Å². The van der Waals surface area contributed by atoms with Gasteiger partial charge < -0.3 is 4.84 Å². The van der Waals surface area contributed by atoms with Crippen LogP contribution in [0.15, 0.2) is 11.6 Å². The topological polar surface area (TPSA) is 41.6 Å². The highest BCUT2D eigenvalue weighted by atomic mass is 16.7. The number of allylic oxidation sites excluding steroid dienone is 1. The first-order valence-corrected chi connectivity index (χ1v) is 4.33. The maximum absolute atomic E-state index is 11.1. The van der Waals surface area contributed by atoms with Gasteiger partial charge in [-0.05, 0) is 27.4 Å². The van der Waals surface area contributed by atoms with Crippen molar-refractivity contribution in [2.75, 3.05) is 20.8 Å². The molecule has 0 aliphatic rings. The van der Waals surface area contributed by atoms with Gasteiger partial charge in [-0.25, -0.2) is 4.79 Å². The third-order valence-corrected chi connectivity index (χ3v) is 1.38. The van der Waals surface area contributed by atoms with Crippen LogP contribution in [0.3, 0.4) is 0 Å². The first-order chi connectivity index (χ1) is 6.07. The first kappa shape index (κ1) is 12.1. The van der Waals surface area contributed by atoms with Gasteiger partial charge in [0.1, 0.15) is 0 Å². The van der Waals surface area contributed by atoms with E-state index in [0.29, 0.717) is 12.2 Å². The van der Waals surface area contributed by atoms with E-state index < -0.39 is 0 Å². The number of carbonyl (C=O) groups excluding carboxylic acids is 1. The summed E-state index contributed by atoms with van der Waals surface area (Å²) in [6.45, 7) is 4.23. The second-order valence-corrected chi connectivity index (χ2v) is 3.07. The summed E-state index contributed by atoms with van der Waals surface area (Å²) in [6, 6.07) is 0. The second kappa shape index (κ2) is 6.62. The van der Waals surface area contributed by atoms with E-state index in [1.165, 1.54) is 0 Å². The molecule has 13 heavy (non-hydrogen) atoms. The van der Waals surface area contributed by atoms with Crippen LogP contribution in [0.25, 0.3) is 0 Å². The molecule has 0 aromatic carbocycles. The Morgan fingerprint density at radius 3 is 2.62 bits per heavy atom. The summed E-state index contributed by atoms with van der Waals surface area (Å²) in [6.07, 6.45) is 2.67. The van der Waals surface area contributed by atoms with E-state index in [0.717, 1.165) is 6.42 Å². The van der Waals surface area contributed by atoms with Crippen molar-refractivity contribution in [2.45, 2.75) is 20.3 Å². The average Bonchev–Trinajstić information content (AvgIpc) is 2.04. The lowest BCUT2D eigenvalue weighted by Crippen LogP contribution is -2.30. The highest BCUT2D eigenvalue weighted by Crippen LogP contribution is 1.96. The SMILES string of the molecule is CCC=C(C)C(=O)ONCN(C)C. The molecule has 0 fully saturated rings. The normalized spacial score (nSPS) is 11.9. The zero-order valence-corrected chi connectivity index (χ0v) is 8.76. The van der Waals surface area contributed by atoms with E-state index >= 15 is 0 Å². The minimum atomic E-state index is -0.316. The minimum Gasteiger partial charge on any atom is -0.366 e. The lowest BCUT2D eigenvalue weighted by atomic mass is 10.2. The van der Waals surface area contributed by atoms with Crippen LogP contribution in [-0.2, 0) is 9.63 Å². The molecule has 0 aromatic rings. The largest absolute Gasteiger partial charge is 0.366 e. The summed E-state index contributed by atoms with van der Waals surface area (Å²) in [4.78, 5) is 17.8. The van der Waals surface area contributed by atoms with Crippen molar-refractivity contribution in [3.05, 3.63) is 11.6 Å². The Morgan fingerprint density at radius 2 is 2.15 bits per heavy atom. The maximum atomic E-state index is 11.1. The first-order valence-electron chi connectivity index (χ1n) is 4.33. The van der Waals surface area contributed by atoms with Gasteiger partial charge in [-0.3, -0.25) is 4.90 Å². The van der Waals surface area contributed by atoms with Gasteiger partial charge in [0, 0.05) is 5.57 Å². The van der Waals surface area contributed by atoms with Crippen LogP contribution >= 0.6 is 0 Å². The number of rotatable bonds is 5. The Bertz CT molecular complexity index is 188. The van der Waals surface area contributed by atoms with Crippen LogP contribution in [0.1, 0.15) is 20.3 Å². The maximum Gasteiger partial charge on any atom is 0.352 e. The van der Waals surface area contributed by atoms with Crippen molar-refractivity contribution in [3.8, 4) is 0 Å². The van der Waals surface area contributed by atoms with Gasteiger partial charge in [-0.15, -0.1) is 5.48 Å². The molecule has 0 radical (unpaired) electrons. The molecule has 4 heteroatoms. The molecule has 0 aliphatic heterocycles. The van der Waals surface area contributed by atoms with Crippen molar-refractivity contribution >= 4 is 5.97 Å². The van der Waals surface area contributed by atoms with Crippen molar-refractivity contribution in [1.29, 1.82) is 0 Å². The Labute approximate surface area is 79.5 Å². The molecular weight excluding hydrogens is 168 g/mol. The van der Waals surface area contributed by atoms with E-state index in [4.69, 9.17) is 4.84 Å². The molecule has 0 unspecified atom stereocenters. The molecule has 0 aromatic heterocycles. The van der Waals surface area contributed by atoms with Gasteiger partial charge in [-0.2, -0.15) is 0 Å². The van der Waals surface area contributed by atoms with E-state index in [2.05, 4.69) is 5.48 Å². The second-order valence-electron chi connectivity index (χ2n) is 3.07. The molecule has 4 nitrogen and oxygen atoms in total. The molecule has 0 amide bonds. The van der Waals surface area contributed by atoms with E-state index in [1.54, 1.807) is 6.92 Å². The average molecular weight is 186 g/mol. The Morgan fingerprint density at radius 1 is 1.54 bits per heavy atom. The number of carbonyl (C=O) groups is 1. The molecule has 1 N–H and O–H groups in total. The molecule has 0 rings (SSSR count). The van der Waals surface area contributed by atoms with Crippen molar-refractivity contribution in [3.63, 3.8) is 0 Å². The van der Waals surface area contributed by atoms with Gasteiger partial charge >= 0.3 is 5.97 Å².